The van der Waals surface area contributed by atoms with Crippen molar-refractivity contribution in [1.82, 2.24) is 10.2 Å². The minimum atomic E-state index is -0.910. The van der Waals surface area contributed by atoms with Gasteiger partial charge in [0.2, 0.25) is 5.91 Å². The number of likely N-dealkylation sites (tertiary alicyclic amines) is 1. The summed E-state index contributed by atoms with van der Waals surface area (Å²) in [5.74, 6) is -0.830. The van der Waals surface area contributed by atoms with Crippen LogP contribution in [0.5, 0.6) is 0 Å². The van der Waals surface area contributed by atoms with Crippen molar-refractivity contribution in [2.24, 2.45) is 0 Å². The fraction of sp³-hybridized carbons (Fsp3) is 0.455. The van der Waals surface area contributed by atoms with Gasteiger partial charge >= 0.3 is 5.97 Å². The van der Waals surface area contributed by atoms with Crippen molar-refractivity contribution < 1.29 is 14.7 Å². The molecule has 2 heterocycles. The third-order valence-electron chi connectivity index (χ3n) is 2.91. The van der Waals surface area contributed by atoms with Gasteiger partial charge in [0.25, 0.3) is 0 Å². The van der Waals surface area contributed by atoms with Crippen LogP contribution in [0.4, 0.5) is 0 Å². The van der Waals surface area contributed by atoms with E-state index in [9.17, 15) is 9.59 Å². The molecular weight excluding hydrogens is 240 g/mol. The van der Waals surface area contributed by atoms with E-state index in [1.807, 2.05) is 0 Å². The average Bonchev–Trinajstić information content (AvgIpc) is 2.86. The number of nitrogens with zero attached hydrogens (tertiary/aromatic N) is 1. The molecule has 6 heteroatoms. The highest BCUT2D eigenvalue weighted by Crippen LogP contribution is 2.17. The number of rotatable bonds is 4. The van der Waals surface area contributed by atoms with Crippen molar-refractivity contribution >= 4 is 23.2 Å². The maximum absolute atomic E-state index is 11.6. The number of nitrogens with one attached hydrogen (secondary N) is 1. The Labute approximate surface area is 103 Å². The van der Waals surface area contributed by atoms with Gasteiger partial charge in [0.05, 0.1) is 6.04 Å². The molecule has 1 aromatic rings. The third kappa shape index (κ3) is 2.48. The van der Waals surface area contributed by atoms with E-state index in [0.29, 0.717) is 11.4 Å². The van der Waals surface area contributed by atoms with Crippen molar-refractivity contribution in [2.75, 3.05) is 13.6 Å². The molecule has 0 bridgehead atoms. The average molecular weight is 254 g/mol. The van der Waals surface area contributed by atoms with Crippen LogP contribution >= 0.6 is 11.3 Å². The van der Waals surface area contributed by atoms with Gasteiger partial charge in [-0.3, -0.25) is 4.79 Å². The Morgan fingerprint density at radius 1 is 1.71 bits per heavy atom. The molecule has 1 atom stereocenters. The Kier molecular flexibility index (Phi) is 3.44. The summed E-state index contributed by atoms with van der Waals surface area (Å²) in [6.07, 6.45) is 0.780. The van der Waals surface area contributed by atoms with Gasteiger partial charge in [-0.25, -0.2) is 4.79 Å². The highest BCUT2D eigenvalue weighted by molar-refractivity contribution is 7.12. The van der Waals surface area contributed by atoms with Gasteiger partial charge in [-0.1, -0.05) is 0 Å². The number of thiophene rings is 1. The molecule has 1 unspecified atom stereocenters. The Morgan fingerprint density at radius 2 is 2.47 bits per heavy atom. The SMILES string of the molecule is CN1CCC(NCc2ccsc2C(=O)O)C1=O. The molecule has 2 rings (SSSR count). The molecule has 2 N–H and O–H groups in total. The Bertz CT molecular complexity index is 444. The van der Waals surface area contributed by atoms with E-state index in [0.717, 1.165) is 18.5 Å². The number of carboxylic acid groups (broad SMARTS) is 1. The van der Waals surface area contributed by atoms with Gasteiger partial charge in [0, 0.05) is 20.1 Å². The van der Waals surface area contributed by atoms with E-state index >= 15 is 0 Å². The second-order valence-corrected chi connectivity index (χ2v) is 4.98. The maximum atomic E-state index is 11.6. The predicted molar refractivity (Wildman–Crippen MR) is 64.2 cm³/mol. The zero-order chi connectivity index (χ0) is 12.4. The number of aromatic carboxylic acids is 1. The van der Waals surface area contributed by atoms with Crippen LogP contribution in [0.25, 0.3) is 0 Å². The minimum Gasteiger partial charge on any atom is -0.477 e. The van der Waals surface area contributed by atoms with Crippen LogP contribution in [0.15, 0.2) is 11.4 Å². The molecule has 1 amide bonds. The monoisotopic (exact) mass is 254 g/mol. The topological polar surface area (TPSA) is 69.6 Å². The van der Waals surface area contributed by atoms with Crippen LogP contribution in [0.1, 0.15) is 21.7 Å². The minimum absolute atomic E-state index is 0.0807. The molecular formula is C11H14N2O3S. The zero-order valence-electron chi connectivity index (χ0n) is 9.47. The normalized spacial score (nSPS) is 19.9. The lowest BCUT2D eigenvalue weighted by Crippen LogP contribution is -2.36. The molecule has 1 fully saturated rings. The quantitative estimate of drug-likeness (QED) is 0.832. The summed E-state index contributed by atoms with van der Waals surface area (Å²) in [7, 11) is 1.78. The maximum Gasteiger partial charge on any atom is 0.346 e. The molecule has 1 saturated heterocycles. The fourth-order valence-corrected chi connectivity index (χ4v) is 2.67. The first-order valence-corrected chi connectivity index (χ1v) is 6.25. The standard InChI is InChI=1S/C11H14N2O3S/c1-13-4-2-8(10(13)14)12-6-7-3-5-17-9(7)11(15)16/h3,5,8,12H,2,4,6H2,1H3,(H,15,16). The van der Waals surface area contributed by atoms with E-state index in [1.54, 1.807) is 23.4 Å². The third-order valence-corrected chi connectivity index (χ3v) is 3.85. The lowest BCUT2D eigenvalue weighted by molar-refractivity contribution is -0.128. The van der Waals surface area contributed by atoms with E-state index < -0.39 is 5.97 Å². The predicted octanol–water partition coefficient (Wildman–Crippen LogP) is 0.767. The molecule has 0 radical (unpaired) electrons. The van der Waals surface area contributed by atoms with Gasteiger partial charge in [-0.15, -0.1) is 11.3 Å². The van der Waals surface area contributed by atoms with Crippen LogP contribution in [0.3, 0.4) is 0 Å². The first-order chi connectivity index (χ1) is 8.09. The lowest BCUT2D eigenvalue weighted by atomic mass is 10.2. The second-order valence-electron chi connectivity index (χ2n) is 4.06. The molecule has 0 spiro atoms. The van der Waals surface area contributed by atoms with Crippen molar-refractivity contribution in [1.29, 1.82) is 0 Å². The summed E-state index contributed by atoms with van der Waals surface area (Å²) in [6, 6.07) is 1.60. The molecule has 92 valence electrons. The van der Waals surface area contributed by atoms with E-state index in [-0.39, 0.29) is 11.9 Å². The molecule has 17 heavy (non-hydrogen) atoms. The number of hydrogen-bond acceptors (Lipinski definition) is 4. The van der Waals surface area contributed by atoms with E-state index in [1.165, 1.54) is 11.3 Å². The molecule has 1 aliphatic heterocycles. The number of amides is 1. The highest BCUT2D eigenvalue weighted by atomic mass is 32.1. The summed E-state index contributed by atoms with van der Waals surface area (Å²) < 4.78 is 0. The first-order valence-electron chi connectivity index (χ1n) is 5.37. The number of likely N-dealkylation sites (N-methyl/N-ethyl adjacent to an activating group) is 1. The van der Waals surface area contributed by atoms with Gasteiger partial charge < -0.3 is 15.3 Å². The van der Waals surface area contributed by atoms with Crippen LogP contribution in [-0.4, -0.2) is 41.5 Å². The lowest BCUT2D eigenvalue weighted by Gasteiger charge is -2.11. The fourth-order valence-electron chi connectivity index (χ4n) is 1.91. The van der Waals surface area contributed by atoms with Crippen molar-refractivity contribution in [3.8, 4) is 0 Å². The number of carboxylic acids is 1. The van der Waals surface area contributed by atoms with Gasteiger partial charge in [-0.2, -0.15) is 0 Å². The number of carbonyl (C=O) groups is 2. The first kappa shape index (κ1) is 12.1. The van der Waals surface area contributed by atoms with Crippen LogP contribution in [0, 0.1) is 0 Å². The largest absolute Gasteiger partial charge is 0.477 e. The second kappa shape index (κ2) is 4.85. The smallest absolute Gasteiger partial charge is 0.346 e. The molecule has 1 aromatic heterocycles. The molecule has 1 aliphatic rings. The summed E-state index contributed by atoms with van der Waals surface area (Å²) in [5.41, 5.74) is 0.741. The Balaban J connectivity index is 1.96. The van der Waals surface area contributed by atoms with Crippen LogP contribution in [-0.2, 0) is 11.3 Å². The van der Waals surface area contributed by atoms with Gasteiger partial charge in [0.15, 0.2) is 0 Å². The van der Waals surface area contributed by atoms with Crippen LogP contribution < -0.4 is 5.32 Å². The zero-order valence-corrected chi connectivity index (χ0v) is 10.3. The number of carbonyl (C=O) groups excluding carboxylic acids is 1. The highest BCUT2D eigenvalue weighted by Gasteiger charge is 2.28. The van der Waals surface area contributed by atoms with Crippen LogP contribution in [0.2, 0.25) is 0 Å². The molecule has 5 nitrogen and oxygen atoms in total. The van der Waals surface area contributed by atoms with E-state index in [4.69, 9.17) is 5.11 Å². The summed E-state index contributed by atoms with van der Waals surface area (Å²) in [4.78, 5) is 24.6. The van der Waals surface area contributed by atoms with Crippen molar-refractivity contribution in [3.05, 3.63) is 21.9 Å². The Hall–Kier alpha value is -1.40. The molecule has 0 aliphatic carbocycles. The number of hydrogen-bond donors (Lipinski definition) is 2. The van der Waals surface area contributed by atoms with E-state index in [2.05, 4.69) is 5.32 Å². The molecule has 0 aromatic carbocycles. The van der Waals surface area contributed by atoms with Gasteiger partial charge in [0.1, 0.15) is 4.88 Å². The molecule has 0 saturated carbocycles. The van der Waals surface area contributed by atoms with Crippen molar-refractivity contribution in [2.45, 2.75) is 19.0 Å². The van der Waals surface area contributed by atoms with Crippen molar-refractivity contribution in [3.63, 3.8) is 0 Å². The summed E-state index contributed by atoms with van der Waals surface area (Å²) in [6.45, 7) is 1.18. The summed E-state index contributed by atoms with van der Waals surface area (Å²) >= 11 is 1.21. The summed E-state index contributed by atoms with van der Waals surface area (Å²) in [5, 5.41) is 13.8. The van der Waals surface area contributed by atoms with Gasteiger partial charge in [-0.05, 0) is 23.4 Å². The Morgan fingerprint density at radius 3 is 3.06 bits per heavy atom.